The van der Waals surface area contributed by atoms with Crippen molar-refractivity contribution in [3.63, 3.8) is 0 Å². The van der Waals surface area contributed by atoms with Gasteiger partial charge >= 0.3 is 6.18 Å². The molecule has 0 aliphatic carbocycles. The van der Waals surface area contributed by atoms with Crippen molar-refractivity contribution >= 4 is 5.78 Å². The van der Waals surface area contributed by atoms with Crippen LogP contribution in [0.2, 0.25) is 0 Å². The quantitative estimate of drug-likeness (QED) is 0.470. The van der Waals surface area contributed by atoms with Crippen molar-refractivity contribution in [1.29, 1.82) is 0 Å². The van der Waals surface area contributed by atoms with E-state index in [4.69, 9.17) is 5.11 Å². The maximum absolute atomic E-state index is 12.2. The summed E-state index contributed by atoms with van der Waals surface area (Å²) in [5.41, 5.74) is -1.40. The molecule has 0 amide bonds. The Morgan fingerprint density at radius 2 is 2.00 bits per heavy atom. The average molecular weight is 217 g/mol. The van der Waals surface area contributed by atoms with Crippen LogP contribution in [0.5, 0.6) is 0 Å². The highest BCUT2D eigenvalue weighted by Crippen LogP contribution is 2.29. The highest BCUT2D eigenvalue weighted by atomic mass is 19.4. The van der Waals surface area contributed by atoms with E-state index >= 15 is 0 Å². The smallest absolute Gasteiger partial charge is 0.417 e. The number of aromatic nitrogens is 1. The largest absolute Gasteiger partial charge is 0.505 e. The van der Waals surface area contributed by atoms with Crippen LogP contribution in [0.15, 0.2) is 30.8 Å². The second-order valence-corrected chi connectivity index (χ2v) is 2.74. The molecule has 0 aliphatic rings. The minimum atomic E-state index is -4.57. The summed E-state index contributed by atoms with van der Waals surface area (Å²) in [6.45, 7) is 2.92. The molecule has 0 saturated heterocycles. The third kappa shape index (κ3) is 2.55. The molecule has 1 rings (SSSR count). The first-order valence-electron chi connectivity index (χ1n) is 3.77. The van der Waals surface area contributed by atoms with Gasteiger partial charge < -0.3 is 5.11 Å². The Labute approximate surface area is 82.9 Å². The molecule has 0 unspecified atom stereocenters. The van der Waals surface area contributed by atoms with E-state index in [1.54, 1.807) is 0 Å². The van der Waals surface area contributed by atoms with Crippen LogP contribution >= 0.6 is 0 Å². The minimum absolute atomic E-state index is 0.350. The Hall–Kier alpha value is -1.85. The number of pyridine rings is 1. The summed E-state index contributed by atoms with van der Waals surface area (Å²) in [5, 5.41) is 8.72. The van der Waals surface area contributed by atoms with E-state index in [2.05, 4.69) is 11.6 Å². The first kappa shape index (κ1) is 11.2. The molecule has 0 radical (unpaired) electrons. The first-order chi connectivity index (χ1) is 6.82. The molecule has 1 aromatic rings. The summed E-state index contributed by atoms with van der Waals surface area (Å²) in [7, 11) is 0. The van der Waals surface area contributed by atoms with Crippen LogP contribution in [0.1, 0.15) is 15.9 Å². The molecule has 0 aromatic carbocycles. The van der Waals surface area contributed by atoms with Crippen LogP contribution in [-0.4, -0.2) is 15.9 Å². The summed E-state index contributed by atoms with van der Waals surface area (Å²) in [6, 6.07) is 0.608. The molecule has 1 aromatic heterocycles. The lowest BCUT2D eigenvalue weighted by Crippen LogP contribution is -2.09. The van der Waals surface area contributed by atoms with E-state index < -0.39 is 23.3 Å². The van der Waals surface area contributed by atoms with Crippen molar-refractivity contribution in [3.05, 3.63) is 41.9 Å². The molecule has 0 saturated carbocycles. The lowest BCUT2D eigenvalue weighted by Gasteiger charge is -2.06. The second-order valence-electron chi connectivity index (χ2n) is 2.74. The van der Waals surface area contributed by atoms with E-state index in [1.807, 2.05) is 0 Å². The summed E-state index contributed by atoms with van der Waals surface area (Å²) < 4.78 is 36.6. The number of aliphatic hydroxyl groups excluding tert-OH is 1. The van der Waals surface area contributed by atoms with Crippen molar-refractivity contribution < 1.29 is 23.1 Å². The zero-order chi connectivity index (χ0) is 11.6. The van der Waals surface area contributed by atoms with Crippen molar-refractivity contribution in [1.82, 2.24) is 4.98 Å². The Bertz CT molecular complexity index is 412. The molecular formula is C9H6F3NO2. The fourth-order valence-corrected chi connectivity index (χ4v) is 0.886. The predicted octanol–water partition coefficient (Wildman–Crippen LogP) is 2.35. The van der Waals surface area contributed by atoms with E-state index in [0.717, 1.165) is 6.20 Å². The summed E-state index contributed by atoms with van der Waals surface area (Å²) in [6.07, 6.45) is -3.05. The third-order valence-corrected chi connectivity index (χ3v) is 1.59. The van der Waals surface area contributed by atoms with Crippen LogP contribution in [0.4, 0.5) is 13.2 Å². The molecule has 15 heavy (non-hydrogen) atoms. The van der Waals surface area contributed by atoms with E-state index in [0.29, 0.717) is 12.3 Å². The van der Waals surface area contributed by atoms with Gasteiger partial charge in [0, 0.05) is 18.0 Å². The maximum Gasteiger partial charge on any atom is 0.417 e. The Kier molecular flexibility index (Phi) is 2.78. The molecular weight excluding hydrogens is 211 g/mol. The second kappa shape index (κ2) is 3.72. The number of aliphatic hydroxyl groups is 1. The van der Waals surface area contributed by atoms with Gasteiger partial charge in [0.15, 0.2) is 5.76 Å². The van der Waals surface area contributed by atoms with Gasteiger partial charge in [-0.1, -0.05) is 6.58 Å². The standard InChI is InChI=1S/C9H6F3NO2/c1-5(14)8(15)6-2-7(4-13-3-6)9(10,11)12/h2-4,14H,1H2. The highest BCUT2D eigenvalue weighted by molar-refractivity contribution is 6.06. The first-order valence-corrected chi connectivity index (χ1v) is 3.77. The van der Waals surface area contributed by atoms with Gasteiger partial charge in [-0.2, -0.15) is 13.2 Å². The SMILES string of the molecule is C=C(O)C(=O)c1cncc(C(F)(F)F)c1. The third-order valence-electron chi connectivity index (χ3n) is 1.59. The zero-order valence-electron chi connectivity index (χ0n) is 7.38. The number of carbonyl (C=O) groups is 1. The lowest BCUT2D eigenvalue weighted by atomic mass is 10.1. The highest BCUT2D eigenvalue weighted by Gasteiger charge is 2.31. The number of hydrogen-bond acceptors (Lipinski definition) is 3. The fourth-order valence-electron chi connectivity index (χ4n) is 0.886. The van der Waals surface area contributed by atoms with Gasteiger partial charge in [0.2, 0.25) is 5.78 Å². The zero-order valence-corrected chi connectivity index (χ0v) is 7.38. The van der Waals surface area contributed by atoms with Gasteiger partial charge in [-0.15, -0.1) is 0 Å². The topological polar surface area (TPSA) is 50.2 Å². The summed E-state index contributed by atoms with van der Waals surface area (Å²) in [5.74, 6) is -1.80. The van der Waals surface area contributed by atoms with Crippen LogP contribution in [-0.2, 0) is 6.18 Å². The van der Waals surface area contributed by atoms with Crippen molar-refractivity contribution in [2.45, 2.75) is 6.18 Å². The van der Waals surface area contributed by atoms with Crippen LogP contribution in [0, 0.1) is 0 Å². The Morgan fingerprint density at radius 1 is 1.40 bits per heavy atom. The van der Waals surface area contributed by atoms with E-state index in [1.165, 1.54) is 0 Å². The number of allylic oxidation sites excluding steroid dienone is 1. The van der Waals surface area contributed by atoms with Gasteiger partial charge in [-0.05, 0) is 6.07 Å². The maximum atomic E-state index is 12.2. The molecule has 80 valence electrons. The van der Waals surface area contributed by atoms with Crippen LogP contribution in [0.25, 0.3) is 0 Å². The summed E-state index contributed by atoms with van der Waals surface area (Å²) in [4.78, 5) is 14.3. The average Bonchev–Trinajstić information content (AvgIpc) is 2.15. The van der Waals surface area contributed by atoms with Crippen molar-refractivity contribution in [2.24, 2.45) is 0 Å². The Morgan fingerprint density at radius 3 is 2.47 bits per heavy atom. The molecule has 0 aliphatic heterocycles. The molecule has 0 fully saturated rings. The normalized spacial score (nSPS) is 11.1. The van der Waals surface area contributed by atoms with Crippen LogP contribution < -0.4 is 0 Å². The molecule has 0 spiro atoms. The number of ketones is 1. The van der Waals surface area contributed by atoms with Crippen molar-refractivity contribution in [3.8, 4) is 0 Å². The van der Waals surface area contributed by atoms with Gasteiger partial charge in [0.25, 0.3) is 0 Å². The van der Waals surface area contributed by atoms with Gasteiger partial charge in [-0.25, -0.2) is 0 Å². The minimum Gasteiger partial charge on any atom is -0.505 e. The lowest BCUT2D eigenvalue weighted by molar-refractivity contribution is -0.137. The number of Topliss-reactive ketones (excluding diaryl/α,β-unsaturated/α-hetero) is 1. The van der Waals surface area contributed by atoms with Gasteiger partial charge in [0.1, 0.15) is 0 Å². The predicted molar refractivity (Wildman–Crippen MR) is 45.3 cm³/mol. The molecule has 0 bridgehead atoms. The van der Waals surface area contributed by atoms with E-state index in [-0.39, 0.29) is 5.56 Å². The molecule has 0 atom stereocenters. The van der Waals surface area contributed by atoms with Gasteiger partial charge in [-0.3, -0.25) is 9.78 Å². The van der Waals surface area contributed by atoms with E-state index in [9.17, 15) is 18.0 Å². The fraction of sp³-hybridized carbons (Fsp3) is 0.111. The number of halogens is 3. The number of hydrogen-bond donors (Lipinski definition) is 1. The number of carbonyl (C=O) groups excluding carboxylic acids is 1. The molecule has 1 N–H and O–H groups in total. The molecule has 3 nitrogen and oxygen atoms in total. The van der Waals surface area contributed by atoms with Crippen LogP contribution in [0.3, 0.4) is 0 Å². The number of rotatable bonds is 2. The monoisotopic (exact) mass is 217 g/mol. The van der Waals surface area contributed by atoms with Crippen molar-refractivity contribution in [2.75, 3.05) is 0 Å². The molecule has 1 heterocycles. The number of alkyl halides is 3. The Balaban J connectivity index is 3.14. The van der Waals surface area contributed by atoms with Gasteiger partial charge in [0.05, 0.1) is 5.56 Å². The number of nitrogens with zero attached hydrogens (tertiary/aromatic N) is 1. The molecule has 6 heteroatoms. The summed E-state index contributed by atoms with van der Waals surface area (Å²) >= 11 is 0.